The van der Waals surface area contributed by atoms with Crippen LogP contribution in [0.25, 0.3) is 16.9 Å². The Balaban J connectivity index is 0.00000188. The summed E-state index contributed by atoms with van der Waals surface area (Å²) in [5.41, 5.74) is 2.69. The minimum absolute atomic E-state index is 0.0173. The van der Waals surface area contributed by atoms with E-state index >= 15 is 4.39 Å². The van der Waals surface area contributed by atoms with Crippen molar-refractivity contribution in [2.75, 3.05) is 62.7 Å². The van der Waals surface area contributed by atoms with Gasteiger partial charge < -0.3 is 19.8 Å². The van der Waals surface area contributed by atoms with Crippen LogP contribution in [-0.4, -0.2) is 94.1 Å². The van der Waals surface area contributed by atoms with Crippen molar-refractivity contribution in [2.24, 2.45) is 0 Å². The Morgan fingerprint density at radius 2 is 1.82 bits per heavy atom. The van der Waals surface area contributed by atoms with E-state index in [1.54, 1.807) is 21.4 Å². The van der Waals surface area contributed by atoms with Gasteiger partial charge in [-0.1, -0.05) is 32.1 Å². The van der Waals surface area contributed by atoms with E-state index in [0.29, 0.717) is 90.7 Å². The van der Waals surface area contributed by atoms with Gasteiger partial charge in [0.15, 0.2) is 16.6 Å². The van der Waals surface area contributed by atoms with Crippen LogP contribution >= 0.6 is 11.3 Å². The van der Waals surface area contributed by atoms with E-state index in [9.17, 15) is 19.6 Å². The molecule has 1 N–H and O–H groups in total. The summed E-state index contributed by atoms with van der Waals surface area (Å²) >= 11 is 1.21. The number of nitriles is 1. The summed E-state index contributed by atoms with van der Waals surface area (Å²) in [6.07, 6.45) is 2.01. The Labute approximate surface area is 259 Å². The molecule has 44 heavy (non-hydrogen) atoms. The van der Waals surface area contributed by atoms with Crippen LogP contribution in [0.4, 0.5) is 25.4 Å². The number of nitrogens with zero attached hydrogens (tertiary/aromatic N) is 8. The lowest BCUT2D eigenvalue weighted by atomic mass is 10.1. The summed E-state index contributed by atoms with van der Waals surface area (Å²) in [7, 11) is 1.81. The Morgan fingerprint density at radius 1 is 1.14 bits per heavy atom. The molecule has 1 amide bonds. The van der Waals surface area contributed by atoms with Crippen molar-refractivity contribution >= 4 is 39.5 Å². The molecule has 0 radical (unpaired) electrons. The van der Waals surface area contributed by atoms with E-state index in [1.807, 2.05) is 38.9 Å². The summed E-state index contributed by atoms with van der Waals surface area (Å²) in [6.45, 7) is 9.61. The number of amides is 1. The monoisotopic (exact) mass is 622 g/mol. The highest BCUT2D eigenvalue weighted by Crippen LogP contribution is 2.37. The Bertz CT molecular complexity index is 1670. The summed E-state index contributed by atoms with van der Waals surface area (Å²) in [5.74, 6) is -0.148. The minimum Gasteiger partial charge on any atom is -0.389 e. The number of halogens is 2. The number of carbonyl (C=O) groups excluding carboxylic acids is 1. The van der Waals surface area contributed by atoms with Gasteiger partial charge in [-0.2, -0.15) is 5.26 Å². The number of aryl methyl sites for hydroxylation is 1. The Kier molecular flexibility index (Phi) is 9.43. The molecule has 6 rings (SSSR count). The third-order valence-electron chi connectivity index (χ3n) is 7.79. The van der Waals surface area contributed by atoms with E-state index < -0.39 is 11.9 Å². The van der Waals surface area contributed by atoms with Gasteiger partial charge in [-0.25, -0.2) is 18.7 Å². The average molecular weight is 623 g/mol. The number of likely N-dealkylation sites (tertiary alicyclic amines) is 1. The van der Waals surface area contributed by atoms with Crippen LogP contribution in [0, 0.1) is 23.0 Å². The first-order valence-corrected chi connectivity index (χ1v) is 15.6. The highest BCUT2D eigenvalue weighted by atomic mass is 32.1. The molecule has 2 saturated heterocycles. The van der Waals surface area contributed by atoms with Crippen molar-refractivity contribution in [1.29, 1.82) is 5.26 Å². The zero-order valence-electron chi connectivity index (χ0n) is 25.3. The van der Waals surface area contributed by atoms with Gasteiger partial charge in [-0.3, -0.25) is 14.1 Å². The van der Waals surface area contributed by atoms with E-state index in [4.69, 9.17) is 4.98 Å². The lowest BCUT2D eigenvalue weighted by Crippen LogP contribution is -2.57. The highest BCUT2D eigenvalue weighted by molar-refractivity contribution is 7.16. The summed E-state index contributed by atoms with van der Waals surface area (Å²) in [4.78, 5) is 29.8. The van der Waals surface area contributed by atoms with Crippen LogP contribution in [-0.2, 0) is 11.2 Å². The number of aliphatic hydroxyl groups excluding tert-OH is 1. The molecule has 0 unspecified atom stereocenters. The van der Waals surface area contributed by atoms with Gasteiger partial charge in [0.05, 0.1) is 24.0 Å². The number of hydrogen-bond acceptors (Lipinski definition) is 9. The van der Waals surface area contributed by atoms with Gasteiger partial charge in [-0.05, 0) is 30.7 Å². The molecule has 0 spiro atoms. The fourth-order valence-corrected chi connectivity index (χ4v) is 6.28. The first-order valence-electron chi connectivity index (χ1n) is 14.8. The molecule has 4 aromatic rings. The standard InChI is InChI=1S/C29H30F2N8O2S.C2H6/c1-3-23-28(35(2)29-34-26(24(13-32)42-29)18-4-6-19(30)7-5-18)39-14-20(12-22(31)27(39)33-23)37-10-8-36(9-11-37)17-25(41)38-15-21(40)16-38;1-2/h4-7,12,14,21,40H,3,8-11,15-17H2,1-2H3;1-2H3. The average Bonchev–Trinajstić information content (AvgIpc) is 3.63. The number of carbonyl (C=O) groups is 1. The molecule has 0 aliphatic carbocycles. The van der Waals surface area contributed by atoms with E-state index in [1.165, 1.54) is 29.5 Å². The van der Waals surface area contributed by atoms with Crippen LogP contribution < -0.4 is 9.80 Å². The number of pyridine rings is 1. The number of rotatable bonds is 7. The molecule has 3 aromatic heterocycles. The number of fused-ring (bicyclic) bond motifs is 1. The third kappa shape index (κ3) is 6.10. The first kappa shape index (κ1) is 31.3. The van der Waals surface area contributed by atoms with Crippen molar-refractivity contribution in [3.63, 3.8) is 0 Å². The number of benzene rings is 1. The van der Waals surface area contributed by atoms with E-state index in [2.05, 4.69) is 20.9 Å². The second-order valence-corrected chi connectivity index (χ2v) is 11.5. The molecule has 2 aliphatic rings. The van der Waals surface area contributed by atoms with Crippen LogP contribution in [0.2, 0.25) is 0 Å². The number of hydrogen-bond donors (Lipinski definition) is 1. The molecule has 2 aliphatic heterocycles. The van der Waals surface area contributed by atoms with Crippen LogP contribution in [0.5, 0.6) is 0 Å². The molecule has 0 atom stereocenters. The number of piperazine rings is 1. The van der Waals surface area contributed by atoms with Crippen molar-refractivity contribution in [2.45, 2.75) is 33.3 Å². The zero-order chi connectivity index (χ0) is 31.5. The maximum Gasteiger partial charge on any atom is 0.236 e. The SMILES string of the molecule is CC.CCc1nc2c(F)cc(N3CCN(CC(=O)N4CC(O)C4)CC3)cn2c1N(C)c1nc(-c2ccc(F)cc2)c(C#N)s1. The molecule has 2 fully saturated rings. The van der Waals surface area contributed by atoms with Gasteiger partial charge in [-0.15, -0.1) is 0 Å². The number of aliphatic hydroxyl groups is 1. The smallest absolute Gasteiger partial charge is 0.236 e. The summed E-state index contributed by atoms with van der Waals surface area (Å²) in [6, 6.07) is 9.54. The predicted molar refractivity (Wildman–Crippen MR) is 167 cm³/mol. The number of aromatic nitrogens is 3. The van der Waals surface area contributed by atoms with Gasteiger partial charge in [0, 0.05) is 64.1 Å². The van der Waals surface area contributed by atoms with Crippen molar-refractivity contribution in [3.8, 4) is 17.3 Å². The largest absolute Gasteiger partial charge is 0.389 e. The zero-order valence-corrected chi connectivity index (χ0v) is 26.1. The molecule has 5 heterocycles. The maximum atomic E-state index is 15.5. The Hall–Kier alpha value is -4.12. The van der Waals surface area contributed by atoms with Crippen molar-refractivity contribution in [3.05, 3.63) is 58.7 Å². The molecule has 0 bridgehead atoms. The normalized spacial score (nSPS) is 15.5. The summed E-state index contributed by atoms with van der Waals surface area (Å²) < 4.78 is 30.7. The molecule has 10 nitrogen and oxygen atoms in total. The highest BCUT2D eigenvalue weighted by Gasteiger charge is 2.31. The van der Waals surface area contributed by atoms with Gasteiger partial charge in [0.2, 0.25) is 5.91 Å². The molecule has 232 valence electrons. The number of β-amino-alcohol motifs (C(OH)–C–C–N with tert-alkyl or cyclic N) is 1. The van der Waals surface area contributed by atoms with Gasteiger partial charge >= 0.3 is 0 Å². The number of imidazole rings is 1. The number of anilines is 3. The molecule has 0 saturated carbocycles. The van der Waals surface area contributed by atoms with Crippen LogP contribution in [0.15, 0.2) is 36.5 Å². The van der Waals surface area contributed by atoms with Crippen LogP contribution in [0.1, 0.15) is 31.3 Å². The lowest BCUT2D eigenvalue weighted by molar-refractivity contribution is -0.142. The fourth-order valence-electron chi connectivity index (χ4n) is 5.43. The molecule has 13 heteroatoms. The fraction of sp³-hybridized carbons (Fsp3) is 0.419. The lowest BCUT2D eigenvalue weighted by Gasteiger charge is -2.39. The first-order chi connectivity index (χ1) is 21.2. The quantitative estimate of drug-likeness (QED) is 0.326. The Morgan fingerprint density at radius 3 is 2.43 bits per heavy atom. The molecular formula is C31H36F2N8O2S. The predicted octanol–water partition coefficient (Wildman–Crippen LogP) is 4.29. The summed E-state index contributed by atoms with van der Waals surface area (Å²) in [5, 5.41) is 19.8. The third-order valence-corrected chi connectivity index (χ3v) is 8.83. The molecule has 1 aromatic carbocycles. The van der Waals surface area contributed by atoms with Crippen molar-refractivity contribution in [1.82, 2.24) is 24.2 Å². The molecular weight excluding hydrogens is 586 g/mol. The van der Waals surface area contributed by atoms with E-state index in [-0.39, 0.29) is 17.4 Å². The van der Waals surface area contributed by atoms with Crippen molar-refractivity contribution < 1.29 is 18.7 Å². The van der Waals surface area contributed by atoms with E-state index in [0.717, 1.165) is 0 Å². The topological polar surface area (TPSA) is 104 Å². The minimum atomic E-state index is -0.445. The van der Waals surface area contributed by atoms with Crippen LogP contribution in [0.3, 0.4) is 0 Å². The number of thiazole rings is 1. The second-order valence-electron chi connectivity index (χ2n) is 10.5. The second kappa shape index (κ2) is 13.3. The van der Waals surface area contributed by atoms with Gasteiger partial charge in [0.1, 0.15) is 28.3 Å². The maximum absolute atomic E-state index is 15.5. The van der Waals surface area contributed by atoms with Gasteiger partial charge in [0.25, 0.3) is 0 Å².